The third kappa shape index (κ3) is 4.67. The molecule has 0 aliphatic carbocycles. The molecule has 0 aliphatic heterocycles. The molecule has 10 rings (SSSR count). The van der Waals surface area contributed by atoms with Crippen molar-refractivity contribution in [1.29, 1.82) is 0 Å². The molecule has 0 atom stereocenters. The molecule has 10 aromatic rings. The van der Waals surface area contributed by atoms with E-state index in [0.29, 0.717) is 5.82 Å². The molecule has 5 nitrogen and oxygen atoms in total. The third-order valence-electron chi connectivity index (χ3n) is 9.40. The van der Waals surface area contributed by atoms with Gasteiger partial charge in [-0.3, -0.25) is 4.98 Å². The molecule has 5 heteroatoms. The van der Waals surface area contributed by atoms with E-state index >= 15 is 0 Å². The van der Waals surface area contributed by atoms with Crippen molar-refractivity contribution in [3.8, 4) is 56.2 Å². The molecular weight excluding hydrogens is 615 g/mol. The summed E-state index contributed by atoms with van der Waals surface area (Å²) in [6.45, 7) is 0. The zero-order valence-electron chi connectivity index (χ0n) is 26.7. The quantitative estimate of drug-likeness (QED) is 0.187. The highest BCUT2D eigenvalue weighted by atomic mass is 16.3. The predicted octanol–water partition coefficient (Wildman–Crippen LogP) is 12.0. The van der Waals surface area contributed by atoms with Crippen molar-refractivity contribution in [2.45, 2.75) is 0 Å². The first-order valence-corrected chi connectivity index (χ1v) is 16.6. The molecule has 0 N–H and O–H groups in total. The van der Waals surface area contributed by atoms with Gasteiger partial charge in [-0.15, -0.1) is 0 Å². The van der Waals surface area contributed by atoms with Gasteiger partial charge in [0.15, 0.2) is 5.82 Å². The second kappa shape index (κ2) is 11.4. The van der Waals surface area contributed by atoms with Gasteiger partial charge in [-0.25, -0.2) is 9.97 Å². The van der Waals surface area contributed by atoms with Crippen LogP contribution in [-0.4, -0.2) is 15.0 Å². The van der Waals surface area contributed by atoms with Crippen molar-refractivity contribution >= 4 is 43.9 Å². The zero-order valence-corrected chi connectivity index (χ0v) is 26.7. The topological polar surface area (TPSA) is 65.0 Å². The second-order valence-electron chi connectivity index (χ2n) is 12.4. The minimum atomic E-state index is 0.647. The normalized spacial score (nSPS) is 11.6. The van der Waals surface area contributed by atoms with E-state index in [-0.39, 0.29) is 0 Å². The maximum absolute atomic E-state index is 6.71. The second-order valence-corrected chi connectivity index (χ2v) is 12.4. The van der Waals surface area contributed by atoms with Gasteiger partial charge >= 0.3 is 0 Å². The van der Waals surface area contributed by atoms with E-state index in [1.54, 1.807) is 6.20 Å². The number of aromatic nitrogens is 3. The maximum atomic E-state index is 6.71. The van der Waals surface area contributed by atoms with E-state index in [0.717, 1.165) is 94.2 Å². The van der Waals surface area contributed by atoms with E-state index in [9.17, 15) is 0 Å². The molecule has 0 aliphatic rings. The fraction of sp³-hybridized carbons (Fsp3) is 0. The number of fused-ring (bicyclic) bond motifs is 6. The molecule has 0 saturated carbocycles. The fourth-order valence-electron chi connectivity index (χ4n) is 7.00. The monoisotopic (exact) mass is 641 g/mol. The molecule has 50 heavy (non-hydrogen) atoms. The van der Waals surface area contributed by atoms with Crippen molar-refractivity contribution < 1.29 is 8.83 Å². The van der Waals surface area contributed by atoms with Crippen LogP contribution in [0.1, 0.15) is 0 Å². The summed E-state index contributed by atoms with van der Waals surface area (Å²) in [6, 6.07) is 51.8. The minimum absolute atomic E-state index is 0.647. The number of benzene rings is 6. The smallest absolute Gasteiger partial charge is 0.160 e. The molecule has 6 aromatic carbocycles. The molecule has 4 aromatic heterocycles. The average molecular weight is 642 g/mol. The van der Waals surface area contributed by atoms with E-state index in [1.807, 2.05) is 72.9 Å². The molecular formula is C45H27N3O2. The number of hydrogen-bond acceptors (Lipinski definition) is 5. The summed E-state index contributed by atoms with van der Waals surface area (Å²) >= 11 is 0. The average Bonchev–Trinajstić information content (AvgIpc) is 3.77. The standard InChI is InChI=1S/C45H27N3O2/c1-2-10-28(11-3-1)45-47-38(31-13-8-12-29(24-31)32-14-9-23-46-27-32)26-39(48-45)36-22-21-33(43-37-16-5-7-18-41(37)50-44(36)43)30-19-20-35-34-15-4-6-17-40(34)49-42(35)25-30/h1-27H. The summed E-state index contributed by atoms with van der Waals surface area (Å²) in [5, 5.41) is 4.30. The van der Waals surface area contributed by atoms with Gasteiger partial charge in [0.2, 0.25) is 0 Å². The Morgan fingerprint density at radius 3 is 1.96 bits per heavy atom. The first-order valence-electron chi connectivity index (χ1n) is 16.6. The van der Waals surface area contributed by atoms with Gasteiger partial charge in [-0.1, -0.05) is 103 Å². The molecule has 0 fully saturated rings. The number of para-hydroxylation sites is 2. The maximum Gasteiger partial charge on any atom is 0.160 e. The summed E-state index contributed by atoms with van der Waals surface area (Å²) in [5.74, 6) is 0.647. The molecule has 0 bridgehead atoms. The van der Waals surface area contributed by atoms with Gasteiger partial charge in [-0.2, -0.15) is 0 Å². The first kappa shape index (κ1) is 28.2. The molecule has 0 radical (unpaired) electrons. The summed E-state index contributed by atoms with van der Waals surface area (Å²) in [7, 11) is 0. The Morgan fingerprint density at radius 1 is 0.400 bits per heavy atom. The van der Waals surface area contributed by atoms with Crippen LogP contribution in [0.15, 0.2) is 173 Å². The molecule has 234 valence electrons. The van der Waals surface area contributed by atoms with Gasteiger partial charge in [-0.05, 0) is 65.2 Å². The number of furan rings is 2. The Kier molecular flexibility index (Phi) is 6.42. The number of pyridine rings is 1. The lowest BCUT2D eigenvalue weighted by Crippen LogP contribution is -1.96. The van der Waals surface area contributed by atoms with Crippen LogP contribution < -0.4 is 0 Å². The summed E-state index contributed by atoms with van der Waals surface area (Å²) in [4.78, 5) is 14.6. The lowest BCUT2D eigenvalue weighted by Gasteiger charge is -2.12. The fourth-order valence-corrected chi connectivity index (χ4v) is 7.00. The van der Waals surface area contributed by atoms with Gasteiger partial charge < -0.3 is 8.83 Å². The largest absolute Gasteiger partial charge is 0.456 e. The van der Waals surface area contributed by atoms with Crippen molar-refractivity contribution in [2.75, 3.05) is 0 Å². The summed E-state index contributed by atoms with van der Waals surface area (Å²) in [5.41, 5.74) is 12.0. The van der Waals surface area contributed by atoms with Gasteiger partial charge in [0, 0.05) is 56.2 Å². The van der Waals surface area contributed by atoms with E-state index in [2.05, 4.69) is 89.9 Å². The third-order valence-corrected chi connectivity index (χ3v) is 9.40. The number of nitrogens with zero attached hydrogens (tertiary/aromatic N) is 3. The van der Waals surface area contributed by atoms with Gasteiger partial charge in [0.1, 0.15) is 22.3 Å². The Bertz CT molecular complexity index is 2870. The Balaban J connectivity index is 1.19. The van der Waals surface area contributed by atoms with Crippen LogP contribution in [0.3, 0.4) is 0 Å². The van der Waals surface area contributed by atoms with Crippen molar-refractivity contribution in [3.63, 3.8) is 0 Å². The molecule has 0 amide bonds. The first-order chi connectivity index (χ1) is 24.8. The predicted molar refractivity (Wildman–Crippen MR) is 202 cm³/mol. The highest BCUT2D eigenvalue weighted by molar-refractivity contribution is 6.17. The van der Waals surface area contributed by atoms with E-state index in [1.165, 1.54) is 0 Å². The number of hydrogen-bond donors (Lipinski definition) is 0. The van der Waals surface area contributed by atoms with Crippen molar-refractivity contribution in [1.82, 2.24) is 15.0 Å². The Labute approximate surface area is 287 Å². The molecule has 0 unspecified atom stereocenters. The van der Waals surface area contributed by atoms with Crippen LogP contribution in [0.25, 0.3) is 100 Å². The van der Waals surface area contributed by atoms with Crippen LogP contribution in [0.5, 0.6) is 0 Å². The Hall–Kier alpha value is -6.85. The zero-order chi connectivity index (χ0) is 33.0. The lowest BCUT2D eigenvalue weighted by molar-refractivity contribution is 0.668. The van der Waals surface area contributed by atoms with Crippen LogP contribution >= 0.6 is 0 Å². The Morgan fingerprint density at radius 2 is 1.10 bits per heavy atom. The van der Waals surface area contributed by atoms with Gasteiger partial charge in [0.25, 0.3) is 0 Å². The summed E-state index contributed by atoms with van der Waals surface area (Å²) in [6.07, 6.45) is 3.67. The van der Waals surface area contributed by atoms with Crippen LogP contribution in [0.2, 0.25) is 0 Å². The SMILES string of the molecule is c1ccc(-c2nc(-c3cccc(-c4cccnc4)c3)cc(-c3ccc(-c4ccc5c(c4)oc4ccccc45)c4c3oc3ccccc34)n2)cc1. The molecule has 0 spiro atoms. The highest BCUT2D eigenvalue weighted by Crippen LogP contribution is 2.43. The van der Waals surface area contributed by atoms with E-state index < -0.39 is 0 Å². The van der Waals surface area contributed by atoms with Crippen LogP contribution in [0.4, 0.5) is 0 Å². The van der Waals surface area contributed by atoms with Crippen LogP contribution in [-0.2, 0) is 0 Å². The van der Waals surface area contributed by atoms with E-state index in [4.69, 9.17) is 18.8 Å². The number of rotatable bonds is 5. The van der Waals surface area contributed by atoms with Crippen LogP contribution in [0, 0.1) is 0 Å². The highest BCUT2D eigenvalue weighted by Gasteiger charge is 2.20. The summed E-state index contributed by atoms with van der Waals surface area (Å²) < 4.78 is 13.0. The molecule has 0 saturated heterocycles. The lowest BCUT2D eigenvalue weighted by atomic mass is 9.95. The molecule has 4 heterocycles. The minimum Gasteiger partial charge on any atom is -0.456 e. The van der Waals surface area contributed by atoms with Gasteiger partial charge in [0.05, 0.1) is 11.4 Å². The van der Waals surface area contributed by atoms with Crippen molar-refractivity contribution in [2.24, 2.45) is 0 Å². The van der Waals surface area contributed by atoms with Crippen molar-refractivity contribution in [3.05, 3.63) is 164 Å².